The van der Waals surface area contributed by atoms with Gasteiger partial charge in [0.05, 0.1) is 5.54 Å². The van der Waals surface area contributed by atoms with Crippen molar-refractivity contribution in [1.29, 1.82) is 0 Å². The van der Waals surface area contributed by atoms with Gasteiger partial charge in [-0.2, -0.15) is 0 Å². The van der Waals surface area contributed by atoms with Gasteiger partial charge >= 0.3 is 6.03 Å². The fourth-order valence-corrected chi connectivity index (χ4v) is 2.45. The summed E-state index contributed by atoms with van der Waals surface area (Å²) in [6.07, 6.45) is 2.30. The summed E-state index contributed by atoms with van der Waals surface area (Å²) in [4.78, 5) is 15.3. The van der Waals surface area contributed by atoms with E-state index in [9.17, 15) is 4.79 Å². The zero-order valence-electron chi connectivity index (χ0n) is 8.34. The topological polar surface area (TPSA) is 35.6 Å². The average molecular weight is 183 g/mol. The predicted octanol–water partition coefficient (Wildman–Crippen LogP) is 0.106. The SMILES string of the molecule is CN1CC2(CCCNC2)N(C)C1=O. The summed E-state index contributed by atoms with van der Waals surface area (Å²) in [5, 5.41) is 3.37. The second kappa shape index (κ2) is 2.87. The summed E-state index contributed by atoms with van der Waals surface area (Å²) in [5.74, 6) is 0. The fourth-order valence-electron chi connectivity index (χ4n) is 2.45. The number of likely N-dealkylation sites (N-methyl/N-ethyl adjacent to an activating group) is 2. The summed E-state index contributed by atoms with van der Waals surface area (Å²) in [6, 6.07) is 0.156. The summed E-state index contributed by atoms with van der Waals surface area (Å²) >= 11 is 0. The molecule has 2 rings (SSSR count). The Morgan fingerprint density at radius 3 is 2.69 bits per heavy atom. The van der Waals surface area contributed by atoms with E-state index in [-0.39, 0.29) is 11.6 Å². The third-order valence-corrected chi connectivity index (χ3v) is 3.31. The summed E-state index contributed by atoms with van der Waals surface area (Å²) in [5.41, 5.74) is 0.0735. The van der Waals surface area contributed by atoms with Crippen molar-refractivity contribution in [1.82, 2.24) is 15.1 Å². The van der Waals surface area contributed by atoms with E-state index in [0.29, 0.717) is 0 Å². The van der Waals surface area contributed by atoms with E-state index >= 15 is 0 Å². The minimum atomic E-state index is 0.0735. The molecule has 1 spiro atoms. The molecule has 0 radical (unpaired) electrons. The Hall–Kier alpha value is -0.770. The number of urea groups is 1. The molecule has 0 aliphatic carbocycles. The van der Waals surface area contributed by atoms with Crippen molar-refractivity contribution in [2.45, 2.75) is 18.4 Å². The summed E-state index contributed by atoms with van der Waals surface area (Å²) in [6.45, 7) is 2.91. The van der Waals surface area contributed by atoms with E-state index < -0.39 is 0 Å². The smallest absolute Gasteiger partial charge is 0.320 e. The highest BCUT2D eigenvalue weighted by Gasteiger charge is 2.46. The van der Waals surface area contributed by atoms with Crippen LogP contribution in [-0.2, 0) is 0 Å². The third kappa shape index (κ3) is 1.20. The molecule has 74 valence electrons. The maximum absolute atomic E-state index is 11.6. The van der Waals surface area contributed by atoms with Gasteiger partial charge in [-0.25, -0.2) is 4.79 Å². The highest BCUT2D eigenvalue weighted by Crippen LogP contribution is 2.29. The van der Waals surface area contributed by atoms with Crippen LogP contribution in [0.25, 0.3) is 0 Å². The second-order valence-electron chi connectivity index (χ2n) is 4.20. The number of piperidine rings is 1. The third-order valence-electron chi connectivity index (χ3n) is 3.31. The number of amides is 2. The van der Waals surface area contributed by atoms with Crippen molar-refractivity contribution in [3.8, 4) is 0 Å². The van der Waals surface area contributed by atoms with E-state index in [1.165, 1.54) is 6.42 Å². The van der Waals surface area contributed by atoms with Crippen LogP contribution in [-0.4, -0.2) is 55.1 Å². The molecule has 2 aliphatic heterocycles. The van der Waals surface area contributed by atoms with E-state index in [0.717, 1.165) is 26.1 Å². The molecule has 1 N–H and O–H groups in total. The lowest BCUT2D eigenvalue weighted by molar-refractivity contribution is 0.152. The number of carbonyl (C=O) groups excluding carboxylic acids is 1. The van der Waals surface area contributed by atoms with Gasteiger partial charge in [0.15, 0.2) is 0 Å². The monoisotopic (exact) mass is 183 g/mol. The first-order valence-corrected chi connectivity index (χ1v) is 4.85. The number of rotatable bonds is 0. The van der Waals surface area contributed by atoms with Crippen LogP contribution < -0.4 is 5.32 Å². The van der Waals surface area contributed by atoms with Crippen molar-refractivity contribution >= 4 is 6.03 Å². The first kappa shape index (κ1) is 8.81. The molecule has 2 heterocycles. The molecule has 2 aliphatic rings. The Kier molecular flexibility index (Phi) is 1.95. The number of carbonyl (C=O) groups is 1. The molecule has 4 heteroatoms. The first-order valence-electron chi connectivity index (χ1n) is 4.85. The second-order valence-corrected chi connectivity index (χ2v) is 4.20. The molecule has 2 saturated heterocycles. The fraction of sp³-hybridized carbons (Fsp3) is 0.889. The maximum atomic E-state index is 11.6. The Balaban J connectivity index is 2.18. The molecule has 0 aromatic carbocycles. The van der Waals surface area contributed by atoms with Crippen LogP contribution in [0.2, 0.25) is 0 Å². The molecule has 1 atom stereocenters. The Morgan fingerprint density at radius 1 is 1.46 bits per heavy atom. The van der Waals surface area contributed by atoms with E-state index in [2.05, 4.69) is 5.32 Å². The molecule has 2 amide bonds. The van der Waals surface area contributed by atoms with Crippen molar-refractivity contribution in [3.05, 3.63) is 0 Å². The molecule has 2 fully saturated rings. The highest BCUT2D eigenvalue weighted by molar-refractivity contribution is 5.77. The average Bonchev–Trinajstić information content (AvgIpc) is 2.33. The van der Waals surface area contributed by atoms with Gasteiger partial charge in [-0.1, -0.05) is 0 Å². The lowest BCUT2D eigenvalue weighted by Crippen LogP contribution is -2.55. The van der Waals surface area contributed by atoms with Gasteiger partial charge in [0, 0.05) is 27.2 Å². The van der Waals surface area contributed by atoms with Crippen molar-refractivity contribution in [2.75, 3.05) is 33.7 Å². The van der Waals surface area contributed by atoms with Crippen LogP contribution in [0, 0.1) is 0 Å². The van der Waals surface area contributed by atoms with Gasteiger partial charge < -0.3 is 15.1 Å². The van der Waals surface area contributed by atoms with Crippen LogP contribution in [0.3, 0.4) is 0 Å². The van der Waals surface area contributed by atoms with Gasteiger partial charge in [0.1, 0.15) is 0 Å². The Bertz CT molecular complexity index is 223. The van der Waals surface area contributed by atoms with E-state index in [1.807, 2.05) is 23.9 Å². The lowest BCUT2D eigenvalue weighted by atomic mass is 9.90. The molecule has 1 unspecified atom stereocenters. The lowest BCUT2D eigenvalue weighted by Gasteiger charge is -2.38. The summed E-state index contributed by atoms with van der Waals surface area (Å²) < 4.78 is 0. The van der Waals surface area contributed by atoms with Crippen LogP contribution in [0.4, 0.5) is 4.79 Å². The zero-order valence-corrected chi connectivity index (χ0v) is 8.34. The molecule has 0 aromatic rings. The Labute approximate surface area is 78.9 Å². The maximum Gasteiger partial charge on any atom is 0.320 e. The number of nitrogens with one attached hydrogen (secondary N) is 1. The minimum absolute atomic E-state index is 0.0735. The molecular formula is C9H17N3O. The normalized spacial score (nSPS) is 34.8. The van der Waals surface area contributed by atoms with Crippen molar-refractivity contribution in [2.24, 2.45) is 0 Å². The molecule has 4 nitrogen and oxygen atoms in total. The summed E-state index contributed by atoms with van der Waals surface area (Å²) in [7, 11) is 3.79. The molecule has 0 saturated carbocycles. The standard InChI is InChI=1S/C9H17N3O/c1-11-7-9(12(2)8(11)13)4-3-5-10-6-9/h10H,3-7H2,1-2H3. The minimum Gasteiger partial charge on any atom is -0.325 e. The van der Waals surface area contributed by atoms with Gasteiger partial charge in [-0.05, 0) is 19.4 Å². The van der Waals surface area contributed by atoms with Crippen LogP contribution in [0.5, 0.6) is 0 Å². The molecule has 0 bridgehead atoms. The van der Waals surface area contributed by atoms with Crippen LogP contribution in [0.15, 0.2) is 0 Å². The largest absolute Gasteiger partial charge is 0.325 e. The van der Waals surface area contributed by atoms with Gasteiger partial charge in [0.25, 0.3) is 0 Å². The van der Waals surface area contributed by atoms with Gasteiger partial charge in [0.2, 0.25) is 0 Å². The predicted molar refractivity (Wildman–Crippen MR) is 50.6 cm³/mol. The molecular weight excluding hydrogens is 166 g/mol. The van der Waals surface area contributed by atoms with Gasteiger partial charge in [-0.15, -0.1) is 0 Å². The van der Waals surface area contributed by atoms with Gasteiger partial charge in [-0.3, -0.25) is 0 Å². The zero-order chi connectivity index (χ0) is 9.47. The highest BCUT2D eigenvalue weighted by atomic mass is 16.2. The number of nitrogens with zero attached hydrogens (tertiary/aromatic N) is 2. The van der Waals surface area contributed by atoms with Crippen LogP contribution in [0.1, 0.15) is 12.8 Å². The quantitative estimate of drug-likeness (QED) is 0.578. The molecule has 13 heavy (non-hydrogen) atoms. The van der Waals surface area contributed by atoms with E-state index in [1.54, 1.807) is 0 Å². The number of hydrogen-bond donors (Lipinski definition) is 1. The van der Waals surface area contributed by atoms with Crippen molar-refractivity contribution in [3.63, 3.8) is 0 Å². The van der Waals surface area contributed by atoms with E-state index in [4.69, 9.17) is 0 Å². The Morgan fingerprint density at radius 2 is 2.23 bits per heavy atom. The first-order chi connectivity index (χ1) is 6.16. The number of hydrogen-bond acceptors (Lipinski definition) is 2. The van der Waals surface area contributed by atoms with Crippen LogP contribution >= 0.6 is 0 Å². The van der Waals surface area contributed by atoms with Crippen molar-refractivity contribution < 1.29 is 4.79 Å². The molecule has 0 aromatic heterocycles.